The zero-order valence-electron chi connectivity index (χ0n) is 13.6. The van der Waals surface area contributed by atoms with E-state index in [9.17, 15) is 0 Å². The van der Waals surface area contributed by atoms with Crippen LogP contribution in [0.3, 0.4) is 0 Å². The summed E-state index contributed by atoms with van der Waals surface area (Å²) in [5, 5.41) is 3.81. The molecule has 112 valence electrons. The van der Waals surface area contributed by atoms with Crippen LogP contribution in [-0.2, 0) is 4.74 Å². The first kappa shape index (κ1) is 15.3. The summed E-state index contributed by atoms with van der Waals surface area (Å²) < 4.78 is 5.71. The van der Waals surface area contributed by atoms with E-state index in [0.717, 1.165) is 24.9 Å². The minimum Gasteiger partial charge on any atom is -0.377 e. The summed E-state index contributed by atoms with van der Waals surface area (Å²) in [6.45, 7) is 13.8. The molecule has 0 spiro atoms. The van der Waals surface area contributed by atoms with Crippen molar-refractivity contribution in [2.24, 2.45) is 17.3 Å². The largest absolute Gasteiger partial charge is 0.377 e. The van der Waals surface area contributed by atoms with Gasteiger partial charge in [0.2, 0.25) is 0 Å². The molecule has 1 saturated heterocycles. The van der Waals surface area contributed by atoms with E-state index in [1.165, 1.54) is 32.2 Å². The Bertz CT molecular complexity index is 288. The van der Waals surface area contributed by atoms with Gasteiger partial charge in [-0.2, -0.15) is 0 Å². The van der Waals surface area contributed by atoms with Crippen molar-refractivity contribution in [2.75, 3.05) is 13.2 Å². The average molecular weight is 267 g/mol. The van der Waals surface area contributed by atoms with Gasteiger partial charge in [-0.05, 0) is 69.7 Å². The minimum atomic E-state index is 0.209. The number of hydrogen-bond donors (Lipinski definition) is 1. The SMILES string of the molecule is CC1OCCC1(C)NCC1CCC(C(C)(C)C)CC1. The fourth-order valence-electron chi connectivity index (χ4n) is 3.68. The summed E-state index contributed by atoms with van der Waals surface area (Å²) >= 11 is 0. The molecule has 1 saturated carbocycles. The van der Waals surface area contributed by atoms with Crippen LogP contribution in [0, 0.1) is 17.3 Å². The maximum Gasteiger partial charge on any atom is 0.0726 e. The normalized spacial score (nSPS) is 40.6. The second kappa shape index (κ2) is 5.73. The Balaban J connectivity index is 1.74. The van der Waals surface area contributed by atoms with Crippen LogP contribution in [-0.4, -0.2) is 24.8 Å². The molecule has 0 bridgehead atoms. The first-order valence-corrected chi connectivity index (χ1v) is 8.18. The van der Waals surface area contributed by atoms with Gasteiger partial charge in [0.15, 0.2) is 0 Å². The highest BCUT2D eigenvalue weighted by molar-refractivity contribution is 4.94. The summed E-state index contributed by atoms with van der Waals surface area (Å²) in [5.41, 5.74) is 0.707. The van der Waals surface area contributed by atoms with Crippen LogP contribution >= 0.6 is 0 Å². The molecule has 2 nitrogen and oxygen atoms in total. The molecule has 0 amide bonds. The minimum absolute atomic E-state index is 0.209. The van der Waals surface area contributed by atoms with Crippen LogP contribution in [0.25, 0.3) is 0 Å². The molecule has 19 heavy (non-hydrogen) atoms. The molecule has 0 aromatic rings. The van der Waals surface area contributed by atoms with E-state index in [1.807, 2.05) is 0 Å². The Kier molecular flexibility index (Phi) is 4.62. The lowest BCUT2D eigenvalue weighted by Gasteiger charge is -2.38. The Hall–Kier alpha value is -0.0800. The molecule has 1 N–H and O–H groups in total. The Labute approximate surface area is 119 Å². The molecule has 1 aliphatic carbocycles. The zero-order chi connectivity index (χ0) is 14.1. The van der Waals surface area contributed by atoms with Gasteiger partial charge < -0.3 is 10.1 Å². The number of hydrogen-bond acceptors (Lipinski definition) is 2. The van der Waals surface area contributed by atoms with Crippen LogP contribution in [0.1, 0.15) is 66.7 Å². The van der Waals surface area contributed by atoms with Gasteiger partial charge in [-0.3, -0.25) is 0 Å². The van der Waals surface area contributed by atoms with E-state index < -0.39 is 0 Å². The Morgan fingerprint density at radius 1 is 1.16 bits per heavy atom. The molecule has 2 fully saturated rings. The van der Waals surface area contributed by atoms with Gasteiger partial charge in [0.25, 0.3) is 0 Å². The van der Waals surface area contributed by atoms with Gasteiger partial charge in [-0.1, -0.05) is 20.8 Å². The lowest BCUT2D eigenvalue weighted by atomic mass is 9.70. The molecule has 0 radical (unpaired) electrons. The van der Waals surface area contributed by atoms with Gasteiger partial charge >= 0.3 is 0 Å². The van der Waals surface area contributed by atoms with Crippen molar-refractivity contribution in [3.8, 4) is 0 Å². The monoisotopic (exact) mass is 267 g/mol. The van der Waals surface area contributed by atoms with E-state index in [4.69, 9.17) is 4.74 Å². The standard InChI is InChI=1S/C17H33NO/c1-13-17(5,10-11-19-13)18-12-14-6-8-15(9-7-14)16(2,3)4/h13-15,18H,6-12H2,1-5H3. The Morgan fingerprint density at radius 3 is 2.26 bits per heavy atom. The van der Waals surface area contributed by atoms with Crippen molar-refractivity contribution >= 4 is 0 Å². The van der Waals surface area contributed by atoms with Gasteiger partial charge in [0, 0.05) is 12.1 Å². The second-order valence-electron chi connectivity index (χ2n) is 8.15. The molecule has 2 atom stereocenters. The zero-order valence-corrected chi connectivity index (χ0v) is 13.6. The molecule has 0 aromatic heterocycles. The summed E-state index contributed by atoms with van der Waals surface area (Å²) in [5.74, 6) is 1.80. The summed E-state index contributed by atoms with van der Waals surface area (Å²) in [6.07, 6.45) is 7.15. The van der Waals surface area contributed by atoms with Crippen molar-refractivity contribution in [3.63, 3.8) is 0 Å². The van der Waals surface area contributed by atoms with Gasteiger partial charge in [0.1, 0.15) is 0 Å². The van der Waals surface area contributed by atoms with Crippen molar-refractivity contribution < 1.29 is 4.74 Å². The van der Waals surface area contributed by atoms with Crippen LogP contribution in [0.15, 0.2) is 0 Å². The predicted molar refractivity (Wildman–Crippen MR) is 81.3 cm³/mol. The van der Waals surface area contributed by atoms with Crippen LogP contribution in [0.5, 0.6) is 0 Å². The number of rotatable bonds is 3. The molecule has 1 aliphatic heterocycles. The van der Waals surface area contributed by atoms with E-state index in [-0.39, 0.29) is 5.54 Å². The topological polar surface area (TPSA) is 21.3 Å². The van der Waals surface area contributed by atoms with Gasteiger partial charge in [-0.25, -0.2) is 0 Å². The number of nitrogens with one attached hydrogen (secondary N) is 1. The molecule has 2 aliphatic rings. The average Bonchev–Trinajstić information content (AvgIpc) is 2.67. The molecule has 1 heterocycles. The van der Waals surface area contributed by atoms with Crippen molar-refractivity contribution in [1.29, 1.82) is 0 Å². The highest BCUT2D eigenvalue weighted by Gasteiger charge is 2.37. The molecule has 2 heteroatoms. The van der Waals surface area contributed by atoms with Crippen molar-refractivity contribution in [2.45, 2.75) is 78.4 Å². The van der Waals surface area contributed by atoms with Crippen LogP contribution < -0.4 is 5.32 Å². The van der Waals surface area contributed by atoms with Gasteiger partial charge in [-0.15, -0.1) is 0 Å². The number of ether oxygens (including phenoxy) is 1. The highest BCUT2D eigenvalue weighted by Crippen LogP contribution is 2.39. The van der Waals surface area contributed by atoms with E-state index in [1.54, 1.807) is 0 Å². The smallest absolute Gasteiger partial charge is 0.0726 e. The molecular weight excluding hydrogens is 234 g/mol. The predicted octanol–water partition coefficient (Wildman–Crippen LogP) is 4.00. The first-order chi connectivity index (χ1) is 8.81. The van der Waals surface area contributed by atoms with Crippen LogP contribution in [0.2, 0.25) is 0 Å². The third-order valence-electron chi connectivity index (χ3n) is 5.75. The van der Waals surface area contributed by atoms with Crippen LogP contribution in [0.4, 0.5) is 0 Å². The highest BCUT2D eigenvalue weighted by atomic mass is 16.5. The quantitative estimate of drug-likeness (QED) is 0.834. The fraction of sp³-hybridized carbons (Fsp3) is 1.00. The van der Waals surface area contributed by atoms with E-state index in [0.29, 0.717) is 11.5 Å². The molecule has 2 rings (SSSR count). The fourth-order valence-corrected chi connectivity index (χ4v) is 3.68. The first-order valence-electron chi connectivity index (χ1n) is 8.18. The molecule has 0 aromatic carbocycles. The maximum atomic E-state index is 5.71. The third kappa shape index (κ3) is 3.72. The van der Waals surface area contributed by atoms with E-state index >= 15 is 0 Å². The van der Waals surface area contributed by atoms with Gasteiger partial charge in [0.05, 0.1) is 6.10 Å². The summed E-state index contributed by atoms with van der Waals surface area (Å²) in [4.78, 5) is 0. The lowest BCUT2D eigenvalue weighted by molar-refractivity contribution is 0.0836. The van der Waals surface area contributed by atoms with Crippen molar-refractivity contribution in [1.82, 2.24) is 5.32 Å². The second-order valence-corrected chi connectivity index (χ2v) is 8.15. The van der Waals surface area contributed by atoms with E-state index in [2.05, 4.69) is 39.9 Å². The molecule has 2 unspecified atom stereocenters. The summed E-state index contributed by atoms with van der Waals surface area (Å²) in [7, 11) is 0. The molecular formula is C17H33NO. The maximum absolute atomic E-state index is 5.71. The van der Waals surface area contributed by atoms with Crippen molar-refractivity contribution in [3.05, 3.63) is 0 Å². The third-order valence-corrected chi connectivity index (χ3v) is 5.75. The Morgan fingerprint density at radius 2 is 1.79 bits per heavy atom. The lowest BCUT2D eigenvalue weighted by Crippen LogP contribution is -2.49. The summed E-state index contributed by atoms with van der Waals surface area (Å²) in [6, 6.07) is 0.